The van der Waals surface area contributed by atoms with E-state index < -0.39 is 5.76 Å². The lowest BCUT2D eigenvalue weighted by atomic mass is 9.99. The Hall–Kier alpha value is -4.21. The second-order valence-electron chi connectivity index (χ2n) is 7.82. The molecule has 0 aliphatic heterocycles. The van der Waals surface area contributed by atoms with Gasteiger partial charge in [-0.3, -0.25) is 23.5 Å². The minimum atomic E-state index is -0.599. The first-order valence-electron chi connectivity index (χ1n) is 10.1. The highest BCUT2D eigenvalue weighted by Crippen LogP contribution is 2.34. The van der Waals surface area contributed by atoms with Gasteiger partial charge in [-0.05, 0) is 42.2 Å². The molecule has 3 heterocycles. The molecule has 1 amide bonds. The van der Waals surface area contributed by atoms with Gasteiger partial charge in [0.1, 0.15) is 5.65 Å². The molecule has 10 nitrogen and oxygen atoms in total. The van der Waals surface area contributed by atoms with Gasteiger partial charge in [-0.25, -0.2) is 4.79 Å². The molecule has 0 saturated carbocycles. The molecular formula is C22H19N5O5. The zero-order valence-electron chi connectivity index (χ0n) is 17.1. The normalized spacial score (nSPS) is 15.1. The van der Waals surface area contributed by atoms with Crippen molar-refractivity contribution in [1.82, 2.24) is 24.8 Å². The number of Topliss-reactive ketones (excluding diaryl/α,β-unsaturated/α-hetero) is 1. The lowest BCUT2D eigenvalue weighted by Crippen LogP contribution is -2.28. The van der Waals surface area contributed by atoms with Gasteiger partial charge in [0.15, 0.2) is 11.6 Å². The molecule has 32 heavy (non-hydrogen) atoms. The first kappa shape index (κ1) is 19.7. The van der Waals surface area contributed by atoms with E-state index in [4.69, 9.17) is 0 Å². The van der Waals surface area contributed by atoms with Crippen LogP contribution in [0.3, 0.4) is 0 Å². The van der Waals surface area contributed by atoms with Crippen molar-refractivity contribution in [3.05, 3.63) is 69.5 Å². The van der Waals surface area contributed by atoms with Crippen molar-refractivity contribution in [3.8, 4) is 17.3 Å². The van der Waals surface area contributed by atoms with Crippen LogP contribution in [0.2, 0.25) is 0 Å². The van der Waals surface area contributed by atoms with Crippen LogP contribution in [0.25, 0.3) is 17.0 Å². The molecule has 0 bridgehead atoms. The fourth-order valence-electron chi connectivity index (χ4n) is 4.21. The highest BCUT2D eigenvalue weighted by molar-refractivity contribution is 6.00. The van der Waals surface area contributed by atoms with Crippen LogP contribution in [0.4, 0.5) is 0 Å². The third-order valence-electron chi connectivity index (χ3n) is 5.75. The second kappa shape index (κ2) is 7.49. The number of carbonyl (C=O) groups is 2. The highest BCUT2D eigenvalue weighted by atomic mass is 16.5. The van der Waals surface area contributed by atoms with Crippen molar-refractivity contribution in [3.63, 3.8) is 0 Å². The summed E-state index contributed by atoms with van der Waals surface area (Å²) < 4.78 is 6.03. The van der Waals surface area contributed by atoms with Gasteiger partial charge in [0.25, 0.3) is 5.91 Å². The van der Waals surface area contributed by atoms with Gasteiger partial charge in [-0.2, -0.15) is 4.98 Å². The number of aromatic hydroxyl groups is 1. The van der Waals surface area contributed by atoms with Crippen LogP contribution in [0, 0.1) is 0 Å². The number of pyridine rings is 1. The van der Waals surface area contributed by atoms with Gasteiger partial charge >= 0.3 is 5.76 Å². The van der Waals surface area contributed by atoms with Crippen LogP contribution < -0.4 is 11.1 Å². The van der Waals surface area contributed by atoms with Crippen LogP contribution in [-0.4, -0.2) is 42.9 Å². The summed E-state index contributed by atoms with van der Waals surface area (Å²) in [5.41, 5.74) is 3.94. The average Bonchev–Trinajstić information content (AvgIpc) is 3.47. The van der Waals surface area contributed by atoms with Crippen molar-refractivity contribution >= 4 is 17.3 Å². The topological polar surface area (TPSA) is 143 Å². The van der Waals surface area contributed by atoms with Crippen LogP contribution in [-0.2, 0) is 6.42 Å². The Labute approximate surface area is 180 Å². The minimum absolute atomic E-state index is 0.144. The summed E-state index contributed by atoms with van der Waals surface area (Å²) in [4.78, 5) is 42.5. The van der Waals surface area contributed by atoms with E-state index in [2.05, 4.69) is 25.0 Å². The molecule has 4 aromatic rings. The summed E-state index contributed by atoms with van der Waals surface area (Å²) in [5.74, 6) is -0.847. The zero-order chi connectivity index (χ0) is 22.4. The Morgan fingerprint density at radius 2 is 2.16 bits per heavy atom. The molecule has 0 saturated heterocycles. The van der Waals surface area contributed by atoms with Crippen LogP contribution in [0.1, 0.15) is 51.2 Å². The maximum Gasteiger partial charge on any atom is 0.439 e. The Morgan fingerprint density at radius 3 is 2.91 bits per heavy atom. The van der Waals surface area contributed by atoms with Gasteiger partial charge in [-0.15, -0.1) is 0 Å². The number of rotatable bonds is 5. The van der Waals surface area contributed by atoms with Crippen LogP contribution in [0.15, 0.2) is 45.8 Å². The molecule has 5 rings (SSSR count). The van der Waals surface area contributed by atoms with E-state index in [0.29, 0.717) is 23.6 Å². The van der Waals surface area contributed by atoms with Crippen molar-refractivity contribution in [2.75, 3.05) is 6.54 Å². The van der Waals surface area contributed by atoms with E-state index in [0.717, 1.165) is 29.5 Å². The predicted molar refractivity (Wildman–Crippen MR) is 113 cm³/mol. The number of amides is 1. The van der Waals surface area contributed by atoms with Gasteiger partial charge in [-0.1, -0.05) is 17.3 Å². The van der Waals surface area contributed by atoms with Crippen molar-refractivity contribution in [2.45, 2.75) is 25.7 Å². The third kappa shape index (κ3) is 3.45. The number of benzene rings is 1. The van der Waals surface area contributed by atoms with Crippen molar-refractivity contribution in [2.24, 2.45) is 0 Å². The third-order valence-corrected chi connectivity index (χ3v) is 5.75. The first-order chi connectivity index (χ1) is 15.4. The van der Waals surface area contributed by atoms with Gasteiger partial charge in [0.2, 0.25) is 5.88 Å². The monoisotopic (exact) mass is 433 g/mol. The lowest BCUT2D eigenvalue weighted by molar-refractivity contribution is 0.0951. The largest absolute Gasteiger partial charge is 0.492 e. The zero-order valence-corrected chi connectivity index (χ0v) is 17.1. The van der Waals surface area contributed by atoms with Gasteiger partial charge in [0.05, 0.1) is 11.9 Å². The Kier molecular flexibility index (Phi) is 4.62. The number of hydrogen-bond acceptors (Lipinski definition) is 7. The summed E-state index contributed by atoms with van der Waals surface area (Å²) in [7, 11) is 0. The molecule has 1 atom stereocenters. The van der Waals surface area contributed by atoms with E-state index in [-0.39, 0.29) is 29.2 Å². The van der Waals surface area contributed by atoms with Crippen LogP contribution >= 0.6 is 0 Å². The quantitative estimate of drug-likeness (QED) is 0.409. The molecule has 10 heteroatoms. The number of carbonyl (C=O) groups excluding carboxylic acids is 2. The van der Waals surface area contributed by atoms with Crippen molar-refractivity contribution in [1.29, 1.82) is 0 Å². The van der Waals surface area contributed by atoms with Crippen molar-refractivity contribution < 1.29 is 19.2 Å². The highest BCUT2D eigenvalue weighted by Gasteiger charge is 2.24. The molecule has 3 aromatic heterocycles. The van der Waals surface area contributed by atoms with E-state index in [1.807, 2.05) is 18.2 Å². The number of H-pyrrole nitrogens is 1. The fraction of sp³-hybridized carbons (Fsp3) is 0.227. The fourth-order valence-corrected chi connectivity index (χ4v) is 4.21. The Balaban J connectivity index is 1.33. The number of aryl methyl sites for hydroxylation is 1. The van der Waals surface area contributed by atoms with Gasteiger partial charge in [0, 0.05) is 30.5 Å². The Morgan fingerprint density at radius 1 is 1.31 bits per heavy atom. The maximum absolute atomic E-state index is 12.8. The number of nitrogens with one attached hydrogen (secondary N) is 2. The number of fused-ring (bicyclic) bond motifs is 2. The first-order valence-corrected chi connectivity index (χ1v) is 10.1. The van der Waals surface area contributed by atoms with E-state index >= 15 is 0 Å². The van der Waals surface area contributed by atoms with E-state index in [9.17, 15) is 19.5 Å². The molecule has 0 radical (unpaired) electrons. The molecule has 3 N–H and O–H groups in total. The molecule has 0 unspecified atom stereocenters. The summed E-state index contributed by atoms with van der Waals surface area (Å²) >= 11 is 0. The SMILES string of the molecule is CC(=O)c1cc(C(=O)NC[C@H]2CCc3cc(-c4noc(=O)[nH]4)ccc32)cc2nc(O)cn12. The average molecular weight is 433 g/mol. The number of hydrogen-bond donors (Lipinski definition) is 3. The number of aromatic amines is 1. The predicted octanol–water partition coefficient (Wildman–Crippen LogP) is 2.05. The standard InChI is InChI=1S/C22H19N5O5/c1-11(28)17-7-15(8-18-24-19(29)10-27(17)18)21(30)23-9-14-3-2-12-6-13(4-5-16(12)14)20-25-22(31)32-26-20/h4-8,10,14,29H,2-3,9H2,1H3,(H,23,30)(H,25,26,31)/t14-/m1/s1. The van der Waals surface area contributed by atoms with E-state index in [1.165, 1.54) is 29.7 Å². The second-order valence-corrected chi connectivity index (χ2v) is 7.82. The molecular weight excluding hydrogens is 414 g/mol. The maximum atomic E-state index is 12.8. The molecule has 1 aromatic carbocycles. The number of imidazole rings is 1. The molecule has 0 spiro atoms. The number of ketones is 1. The summed E-state index contributed by atoms with van der Waals surface area (Å²) in [5, 5.41) is 16.3. The smallest absolute Gasteiger partial charge is 0.439 e. The molecule has 1 aliphatic rings. The van der Waals surface area contributed by atoms with E-state index in [1.54, 1.807) is 0 Å². The van der Waals surface area contributed by atoms with Gasteiger partial charge < -0.3 is 10.4 Å². The molecule has 162 valence electrons. The summed E-state index contributed by atoms with van der Waals surface area (Å²) in [6.45, 7) is 1.83. The summed E-state index contributed by atoms with van der Waals surface area (Å²) in [6, 6.07) is 8.86. The lowest BCUT2D eigenvalue weighted by Gasteiger charge is -2.14. The number of nitrogens with zero attached hydrogens (tertiary/aromatic N) is 3. The minimum Gasteiger partial charge on any atom is -0.492 e. The molecule has 1 aliphatic carbocycles. The summed E-state index contributed by atoms with van der Waals surface area (Å²) in [6.07, 6.45) is 3.06. The van der Waals surface area contributed by atoms with Crippen LogP contribution in [0.5, 0.6) is 5.88 Å². The molecule has 0 fully saturated rings. The Bertz CT molecular complexity index is 1430. The number of aromatic nitrogens is 4.